The lowest BCUT2D eigenvalue weighted by atomic mass is 9.78. The number of benzene rings is 1. The molecule has 1 aromatic rings. The minimum atomic E-state index is -0.129. The lowest BCUT2D eigenvalue weighted by molar-refractivity contribution is -0.197. The third-order valence-corrected chi connectivity index (χ3v) is 3.81. The maximum Gasteiger partial charge on any atom is 0.162 e. The number of hydrogen-bond acceptors (Lipinski definition) is 2. The van der Waals surface area contributed by atoms with Crippen molar-refractivity contribution in [1.82, 2.24) is 0 Å². The smallest absolute Gasteiger partial charge is 0.162 e. The van der Waals surface area contributed by atoms with Crippen LogP contribution in [0.1, 0.15) is 58.9 Å². The Balaban J connectivity index is 2.80. The molecule has 0 aromatic heterocycles. The second kappa shape index (κ2) is 8.43. The van der Waals surface area contributed by atoms with Crippen LogP contribution in [0, 0.1) is 5.41 Å². The van der Waals surface area contributed by atoms with Crippen LogP contribution in [-0.2, 0) is 9.47 Å². The van der Waals surface area contributed by atoms with E-state index < -0.39 is 0 Å². The summed E-state index contributed by atoms with van der Waals surface area (Å²) in [6, 6.07) is 10.8. The van der Waals surface area contributed by atoms with Crippen LogP contribution < -0.4 is 0 Å². The first-order valence-electron chi connectivity index (χ1n) is 7.83. The van der Waals surface area contributed by atoms with Gasteiger partial charge >= 0.3 is 0 Å². The van der Waals surface area contributed by atoms with E-state index >= 15 is 0 Å². The maximum absolute atomic E-state index is 5.81. The average Bonchev–Trinajstić information content (AvgIpc) is 2.45. The van der Waals surface area contributed by atoms with Gasteiger partial charge in [-0.05, 0) is 38.2 Å². The molecule has 0 saturated heterocycles. The van der Waals surface area contributed by atoms with Crippen molar-refractivity contribution in [3.8, 4) is 0 Å². The van der Waals surface area contributed by atoms with Crippen LogP contribution >= 0.6 is 0 Å². The summed E-state index contributed by atoms with van der Waals surface area (Å²) in [4.78, 5) is 0. The second-order valence-corrected chi connectivity index (χ2v) is 5.95. The molecule has 0 radical (unpaired) electrons. The third-order valence-electron chi connectivity index (χ3n) is 3.81. The van der Waals surface area contributed by atoms with Gasteiger partial charge in [0.2, 0.25) is 0 Å². The average molecular weight is 278 g/mol. The standard InChI is InChI=1S/C18H30O2/c1-6-15(16-12-10-9-11-13-16)14-18(4,5)17(19-7-2)20-8-3/h9-13,15,17H,6-8,14H2,1-5H3. The SMILES string of the molecule is CCOC(OCC)C(C)(C)CC(CC)c1ccccc1. The summed E-state index contributed by atoms with van der Waals surface area (Å²) in [5.74, 6) is 0.551. The fourth-order valence-electron chi connectivity index (χ4n) is 2.76. The summed E-state index contributed by atoms with van der Waals surface area (Å²) in [5, 5.41) is 0. The van der Waals surface area contributed by atoms with E-state index in [1.165, 1.54) is 5.56 Å². The van der Waals surface area contributed by atoms with Gasteiger partial charge in [0.25, 0.3) is 0 Å². The zero-order valence-corrected chi connectivity index (χ0v) is 13.7. The largest absolute Gasteiger partial charge is 0.352 e. The monoisotopic (exact) mass is 278 g/mol. The van der Waals surface area contributed by atoms with E-state index in [2.05, 4.69) is 51.1 Å². The first kappa shape index (κ1) is 17.2. The Morgan fingerprint density at radius 3 is 1.95 bits per heavy atom. The number of ether oxygens (including phenoxy) is 2. The Morgan fingerprint density at radius 1 is 0.950 bits per heavy atom. The van der Waals surface area contributed by atoms with Gasteiger partial charge in [-0.2, -0.15) is 0 Å². The predicted molar refractivity (Wildman–Crippen MR) is 84.9 cm³/mol. The van der Waals surface area contributed by atoms with E-state index in [4.69, 9.17) is 9.47 Å². The van der Waals surface area contributed by atoms with Crippen molar-refractivity contribution in [2.24, 2.45) is 5.41 Å². The zero-order chi connectivity index (χ0) is 15.0. The molecular weight excluding hydrogens is 248 g/mol. The Labute approximate surface area is 124 Å². The summed E-state index contributed by atoms with van der Waals surface area (Å²) in [6.07, 6.45) is 2.08. The Hall–Kier alpha value is -0.860. The zero-order valence-electron chi connectivity index (χ0n) is 13.7. The molecule has 0 heterocycles. The molecule has 0 N–H and O–H groups in total. The van der Waals surface area contributed by atoms with Crippen molar-refractivity contribution in [2.75, 3.05) is 13.2 Å². The topological polar surface area (TPSA) is 18.5 Å². The molecule has 2 nitrogen and oxygen atoms in total. The van der Waals surface area contributed by atoms with Gasteiger partial charge in [0.15, 0.2) is 6.29 Å². The molecule has 1 aromatic carbocycles. The summed E-state index contributed by atoms with van der Waals surface area (Å²) in [7, 11) is 0. The van der Waals surface area contributed by atoms with Gasteiger partial charge < -0.3 is 9.47 Å². The van der Waals surface area contributed by atoms with Gasteiger partial charge in [-0.15, -0.1) is 0 Å². The van der Waals surface area contributed by atoms with Crippen molar-refractivity contribution in [3.05, 3.63) is 35.9 Å². The predicted octanol–water partition coefficient (Wildman–Crippen LogP) is 5.00. The molecule has 0 spiro atoms. The molecule has 20 heavy (non-hydrogen) atoms. The molecule has 114 valence electrons. The van der Waals surface area contributed by atoms with Crippen LogP contribution in [0.15, 0.2) is 30.3 Å². The van der Waals surface area contributed by atoms with Crippen LogP contribution in [0.5, 0.6) is 0 Å². The number of rotatable bonds is 9. The highest BCUT2D eigenvalue weighted by molar-refractivity contribution is 5.19. The third kappa shape index (κ3) is 4.92. The molecule has 0 aliphatic carbocycles. The normalized spacial score (nSPS) is 13.7. The van der Waals surface area contributed by atoms with Crippen LogP contribution in [-0.4, -0.2) is 19.5 Å². The minimum Gasteiger partial charge on any atom is -0.352 e. The summed E-state index contributed by atoms with van der Waals surface area (Å²) in [5.41, 5.74) is 1.41. The molecule has 1 atom stereocenters. The van der Waals surface area contributed by atoms with E-state index in [-0.39, 0.29) is 11.7 Å². The Kier molecular flexibility index (Phi) is 7.25. The molecule has 2 heteroatoms. The molecule has 0 bridgehead atoms. The summed E-state index contributed by atoms with van der Waals surface area (Å²) >= 11 is 0. The first-order valence-corrected chi connectivity index (χ1v) is 7.83. The van der Waals surface area contributed by atoms with Gasteiger partial charge in [0.05, 0.1) is 0 Å². The van der Waals surface area contributed by atoms with Crippen molar-refractivity contribution in [1.29, 1.82) is 0 Å². The van der Waals surface area contributed by atoms with E-state index in [1.54, 1.807) is 0 Å². The van der Waals surface area contributed by atoms with Gasteiger partial charge in [-0.25, -0.2) is 0 Å². The van der Waals surface area contributed by atoms with Gasteiger partial charge in [-0.3, -0.25) is 0 Å². The molecule has 0 fully saturated rings. The molecule has 0 amide bonds. The van der Waals surface area contributed by atoms with Crippen molar-refractivity contribution in [2.45, 2.75) is 59.7 Å². The molecule has 0 saturated carbocycles. The van der Waals surface area contributed by atoms with E-state index in [1.807, 2.05) is 13.8 Å². The summed E-state index contributed by atoms with van der Waals surface area (Å²) in [6.45, 7) is 12.2. The molecule has 1 rings (SSSR count). The highest BCUT2D eigenvalue weighted by Crippen LogP contribution is 2.37. The van der Waals surface area contributed by atoms with E-state index in [0.29, 0.717) is 19.1 Å². The highest BCUT2D eigenvalue weighted by Gasteiger charge is 2.33. The second-order valence-electron chi connectivity index (χ2n) is 5.95. The lowest BCUT2D eigenvalue weighted by Gasteiger charge is -2.36. The number of hydrogen-bond donors (Lipinski definition) is 0. The van der Waals surface area contributed by atoms with Crippen LogP contribution in [0.2, 0.25) is 0 Å². The van der Waals surface area contributed by atoms with Crippen LogP contribution in [0.4, 0.5) is 0 Å². The molecule has 0 aliphatic rings. The Bertz CT molecular complexity index is 353. The molecular formula is C18H30O2. The first-order chi connectivity index (χ1) is 9.55. The highest BCUT2D eigenvalue weighted by atomic mass is 16.7. The van der Waals surface area contributed by atoms with Gasteiger partial charge in [-0.1, -0.05) is 51.1 Å². The molecule has 1 unspecified atom stereocenters. The molecule has 0 aliphatic heterocycles. The van der Waals surface area contributed by atoms with Crippen LogP contribution in [0.25, 0.3) is 0 Å². The van der Waals surface area contributed by atoms with Gasteiger partial charge in [0.1, 0.15) is 0 Å². The minimum absolute atomic E-state index is 0.00252. The quantitative estimate of drug-likeness (QED) is 0.592. The lowest BCUT2D eigenvalue weighted by Crippen LogP contribution is -2.36. The van der Waals surface area contributed by atoms with Crippen molar-refractivity contribution in [3.63, 3.8) is 0 Å². The van der Waals surface area contributed by atoms with E-state index in [9.17, 15) is 0 Å². The van der Waals surface area contributed by atoms with Crippen LogP contribution in [0.3, 0.4) is 0 Å². The van der Waals surface area contributed by atoms with Gasteiger partial charge in [0, 0.05) is 18.6 Å². The fourth-order valence-corrected chi connectivity index (χ4v) is 2.76. The maximum atomic E-state index is 5.81. The fraction of sp³-hybridized carbons (Fsp3) is 0.667. The van der Waals surface area contributed by atoms with Crippen molar-refractivity contribution >= 4 is 0 Å². The van der Waals surface area contributed by atoms with E-state index in [0.717, 1.165) is 12.8 Å². The summed E-state index contributed by atoms with van der Waals surface area (Å²) < 4.78 is 11.6. The Morgan fingerprint density at radius 2 is 1.50 bits per heavy atom. The van der Waals surface area contributed by atoms with Crippen molar-refractivity contribution < 1.29 is 9.47 Å².